The summed E-state index contributed by atoms with van der Waals surface area (Å²) in [6.45, 7) is 5.56. The quantitative estimate of drug-likeness (QED) is 0.724. The lowest BCUT2D eigenvalue weighted by Crippen LogP contribution is -2.23. The maximum atomic E-state index is 12.2. The summed E-state index contributed by atoms with van der Waals surface area (Å²) < 4.78 is 6.09. The number of nitrogens with two attached hydrogens (primary N) is 1. The largest absolute Gasteiger partial charge is 0.466 e. The third-order valence-corrected chi connectivity index (χ3v) is 5.37. The van der Waals surface area contributed by atoms with Crippen LogP contribution in [0.3, 0.4) is 0 Å². The number of ether oxygens (including phenoxy) is 1. The van der Waals surface area contributed by atoms with Crippen LogP contribution in [0.4, 0.5) is 5.00 Å². The standard InChI is InChI=1S/C13H16N4O3S3/c1-6(2)20-12-16-17-13(23-12)22-7(3)10(19)15-11-8(9(14)18)4-5-21-11/h4-7H,1-3H3,(H2,14,18)(H,15,19). The number of carbonyl (C=O) groups is 2. The van der Waals surface area contributed by atoms with Gasteiger partial charge in [-0.2, -0.15) is 0 Å². The first kappa shape index (κ1) is 17.7. The van der Waals surface area contributed by atoms with Crippen molar-refractivity contribution in [2.75, 3.05) is 5.32 Å². The summed E-state index contributed by atoms with van der Waals surface area (Å²) in [5.74, 6) is -0.803. The predicted octanol–water partition coefficient (Wildman–Crippen LogP) is 2.60. The van der Waals surface area contributed by atoms with Gasteiger partial charge in [0.2, 0.25) is 5.91 Å². The molecule has 0 spiro atoms. The van der Waals surface area contributed by atoms with Gasteiger partial charge in [-0.3, -0.25) is 9.59 Å². The number of hydrogen-bond acceptors (Lipinski definition) is 8. The van der Waals surface area contributed by atoms with Crippen molar-refractivity contribution in [3.05, 3.63) is 17.0 Å². The third-order valence-electron chi connectivity index (χ3n) is 2.54. The van der Waals surface area contributed by atoms with Gasteiger partial charge in [0.25, 0.3) is 11.1 Å². The molecule has 23 heavy (non-hydrogen) atoms. The fraction of sp³-hybridized carbons (Fsp3) is 0.385. The van der Waals surface area contributed by atoms with Crippen molar-refractivity contribution in [3.63, 3.8) is 0 Å². The van der Waals surface area contributed by atoms with Crippen LogP contribution in [0.2, 0.25) is 0 Å². The highest BCUT2D eigenvalue weighted by atomic mass is 32.2. The molecule has 0 aliphatic heterocycles. The van der Waals surface area contributed by atoms with Gasteiger partial charge in [-0.05, 0) is 43.6 Å². The first-order chi connectivity index (χ1) is 10.9. The molecule has 2 amide bonds. The number of anilines is 1. The highest BCUT2D eigenvalue weighted by molar-refractivity contribution is 8.02. The molecule has 2 rings (SSSR count). The summed E-state index contributed by atoms with van der Waals surface area (Å²) in [5.41, 5.74) is 5.57. The summed E-state index contributed by atoms with van der Waals surface area (Å²) in [6, 6.07) is 1.58. The SMILES string of the molecule is CC(C)Oc1nnc(SC(C)C(=O)Nc2sccc2C(N)=O)s1. The van der Waals surface area contributed by atoms with Gasteiger partial charge >= 0.3 is 0 Å². The highest BCUT2D eigenvalue weighted by Crippen LogP contribution is 2.31. The van der Waals surface area contributed by atoms with E-state index in [-0.39, 0.29) is 12.0 Å². The number of hydrogen-bond donors (Lipinski definition) is 2. The Balaban J connectivity index is 1.96. The Kier molecular flexibility index (Phi) is 5.97. The lowest BCUT2D eigenvalue weighted by Gasteiger charge is -2.09. The minimum absolute atomic E-state index is 0.0209. The van der Waals surface area contributed by atoms with E-state index in [2.05, 4.69) is 15.5 Å². The van der Waals surface area contributed by atoms with Crippen molar-refractivity contribution in [1.82, 2.24) is 10.2 Å². The van der Waals surface area contributed by atoms with Crippen LogP contribution in [0.15, 0.2) is 15.8 Å². The van der Waals surface area contributed by atoms with Crippen LogP contribution in [0, 0.1) is 0 Å². The third kappa shape index (κ3) is 4.91. The molecule has 10 heteroatoms. The first-order valence-corrected chi connectivity index (χ1v) is 9.29. The minimum Gasteiger partial charge on any atom is -0.466 e. The molecule has 0 radical (unpaired) electrons. The van der Waals surface area contributed by atoms with Crippen molar-refractivity contribution in [2.45, 2.75) is 36.5 Å². The fourth-order valence-electron chi connectivity index (χ4n) is 1.51. The Morgan fingerprint density at radius 1 is 1.35 bits per heavy atom. The Morgan fingerprint density at radius 3 is 2.74 bits per heavy atom. The molecule has 124 valence electrons. The molecule has 1 atom stereocenters. The molecule has 0 saturated carbocycles. The molecule has 2 heterocycles. The van der Waals surface area contributed by atoms with E-state index in [1.54, 1.807) is 18.4 Å². The Hall–Kier alpha value is -1.65. The summed E-state index contributed by atoms with van der Waals surface area (Å²) in [6.07, 6.45) is 0.0209. The monoisotopic (exact) mass is 372 g/mol. The van der Waals surface area contributed by atoms with E-state index in [0.717, 1.165) is 0 Å². The summed E-state index contributed by atoms with van der Waals surface area (Å²) in [7, 11) is 0. The normalized spacial score (nSPS) is 12.2. The van der Waals surface area contributed by atoms with E-state index in [9.17, 15) is 9.59 Å². The van der Waals surface area contributed by atoms with E-state index in [0.29, 0.717) is 20.1 Å². The molecule has 0 aliphatic rings. The molecular weight excluding hydrogens is 356 g/mol. The molecular formula is C13H16N4O3S3. The maximum Gasteiger partial charge on any atom is 0.295 e. The van der Waals surface area contributed by atoms with Gasteiger partial charge in [-0.25, -0.2) is 0 Å². The van der Waals surface area contributed by atoms with Gasteiger partial charge in [0, 0.05) is 0 Å². The van der Waals surface area contributed by atoms with Crippen LogP contribution in [-0.2, 0) is 4.79 Å². The second kappa shape index (κ2) is 7.75. The average molecular weight is 372 g/mol. The van der Waals surface area contributed by atoms with Crippen LogP contribution in [-0.4, -0.2) is 33.4 Å². The molecule has 2 aromatic heterocycles. The number of aromatic nitrogens is 2. The Morgan fingerprint density at radius 2 is 2.09 bits per heavy atom. The molecule has 0 aromatic carbocycles. The van der Waals surface area contributed by atoms with Crippen molar-refractivity contribution >= 4 is 51.3 Å². The van der Waals surface area contributed by atoms with E-state index in [1.807, 2.05) is 13.8 Å². The highest BCUT2D eigenvalue weighted by Gasteiger charge is 2.20. The van der Waals surface area contributed by atoms with Crippen molar-refractivity contribution in [3.8, 4) is 5.19 Å². The second-order valence-corrected chi connectivity index (χ2v) is 8.22. The van der Waals surface area contributed by atoms with Gasteiger partial charge in [0.05, 0.1) is 16.9 Å². The van der Waals surface area contributed by atoms with Crippen LogP contribution in [0.25, 0.3) is 0 Å². The Bertz CT molecular complexity index is 698. The van der Waals surface area contributed by atoms with E-state index < -0.39 is 11.2 Å². The number of nitrogens with one attached hydrogen (secondary N) is 1. The van der Waals surface area contributed by atoms with Crippen LogP contribution >= 0.6 is 34.4 Å². The zero-order chi connectivity index (χ0) is 17.0. The summed E-state index contributed by atoms with van der Waals surface area (Å²) in [5, 5.41) is 12.8. The molecule has 0 aliphatic carbocycles. The first-order valence-electron chi connectivity index (χ1n) is 6.71. The molecule has 3 N–H and O–H groups in total. The molecule has 0 bridgehead atoms. The number of primary amides is 1. The number of nitrogens with zero attached hydrogens (tertiary/aromatic N) is 2. The maximum absolute atomic E-state index is 12.2. The smallest absolute Gasteiger partial charge is 0.295 e. The number of amides is 2. The number of carbonyl (C=O) groups excluding carboxylic acids is 2. The van der Waals surface area contributed by atoms with Crippen molar-refractivity contribution in [2.24, 2.45) is 5.73 Å². The molecule has 0 fully saturated rings. The Labute approximate surface area is 145 Å². The average Bonchev–Trinajstić information content (AvgIpc) is 3.07. The predicted molar refractivity (Wildman–Crippen MR) is 92.5 cm³/mol. The van der Waals surface area contributed by atoms with Crippen LogP contribution in [0.1, 0.15) is 31.1 Å². The second-order valence-electron chi connectivity index (χ2n) is 4.78. The van der Waals surface area contributed by atoms with Crippen molar-refractivity contribution < 1.29 is 14.3 Å². The number of rotatable bonds is 7. The van der Waals surface area contributed by atoms with Crippen LogP contribution in [0.5, 0.6) is 5.19 Å². The molecule has 2 aromatic rings. The van der Waals surface area contributed by atoms with E-state index in [4.69, 9.17) is 10.5 Å². The van der Waals surface area contributed by atoms with E-state index in [1.165, 1.54) is 34.4 Å². The molecule has 0 saturated heterocycles. The fourth-order valence-corrected chi connectivity index (χ4v) is 4.26. The minimum atomic E-state index is -0.568. The lowest BCUT2D eigenvalue weighted by atomic mass is 10.3. The number of thioether (sulfide) groups is 1. The number of thiophene rings is 1. The van der Waals surface area contributed by atoms with E-state index >= 15 is 0 Å². The molecule has 7 nitrogen and oxygen atoms in total. The van der Waals surface area contributed by atoms with Crippen LogP contribution < -0.4 is 15.8 Å². The topological polar surface area (TPSA) is 107 Å². The van der Waals surface area contributed by atoms with Gasteiger partial charge in [-0.15, -0.1) is 16.4 Å². The van der Waals surface area contributed by atoms with Gasteiger partial charge in [0.1, 0.15) is 5.00 Å². The summed E-state index contributed by atoms with van der Waals surface area (Å²) in [4.78, 5) is 23.5. The van der Waals surface area contributed by atoms with Crippen molar-refractivity contribution in [1.29, 1.82) is 0 Å². The zero-order valence-corrected chi connectivity index (χ0v) is 15.2. The zero-order valence-electron chi connectivity index (χ0n) is 12.7. The van der Waals surface area contributed by atoms with Gasteiger partial charge in [0.15, 0.2) is 4.34 Å². The summed E-state index contributed by atoms with van der Waals surface area (Å²) >= 11 is 3.82. The lowest BCUT2D eigenvalue weighted by molar-refractivity contribution is -0.115. The van der Waals surface area contributed by atoms with Gasteiger partial charge in [-0.1, -0.05) is 16.9 Å². The van der Waals surface area contributed by atoms with Gasteiger partial charge < -0.3 is 15.8 Å². The molecule has 1 unspecified atom stereocenters.